The topological polar surface area (TPSA) is 55.4 Å². The zero-order valence-corrected chi connectivity index (χ0v) is 10.5. The Kier molecular flexibility index (Phi) is 3.61. The summed E-state index contributed by atoms with van der Waals surface area (Å²) in [6.07, 6.45) is 2.67. The number of carbonyl (C=O) groups is 2. The predicted molar refractivity (Wildman–Crippen MR) is 61.2 cm³/mol. The Morgan fingerprint density at radius 2 is 2.19 bits per heavy atom. The molecule has 0 aromatic rings. The first-order chi connectivity index (χ1) is 7.33. The highest BCUT2D eigenvalue weighted by Gasteiger charge is 2.54. The maximum Gasteiger partial charge on any atom is 0.408 e. The van der Waals surface area contributed by atoms with Gasteiger partial charge in [0.2, 0.25) is 0 Å². The van der Waals surface area contributed by atoms with E-state index in [1.807, 2.05) is 20.8 Å². The molecule has 1 fully saturated rings. The smallest absolute Gasteiger partial charge is 0.408 e. The Morgan fingerprint density at radius 3 is 2.56 bits per heavy atom. The van der Waals surface area contributed by atoms with Crippen LogP contribution in [0.15, 0.2) is 0 Å². The van der Waals surface area contributed by atoms with Crippen molar-refractivity contribution in [3.05, 3.63) is 0 Å². The first-order valence-corrected chi connectivity index (χ1v) is 5.78. The highest BCUT2D eigenvalue weighted by molar-refractivity contribution is 5.71. The summed E-state index contributed by atoms with van der Waals surface area (Å²) in [5, 5.41) is 2.83. The number of hydrogen-bond acceptors (Lipinski definition) is 3. The van der Waals surface area contributed by atoms with Gasteiger partial charge in [0.25, 0.3) is 0 Å². The number of ether oxygens (including phenoxy) is 1. The summed E-state index contributed by atoms with van der Waals surface area (Å²) < 4.78 is 5.19. The molecule has 0 heterocycles. The molecule has 1 aliphatic rings. The molecule has 4 heteroatoms. The van der Waals surface area contributed by atoms with Crippen molar-refractivity contribution < 1.29 is 14.3 Å². The molecule has 0 aliphatic heterocycles. The molecule has 2 atom stereocenters. The molecule has 0 aromatic heterocycles. The average Bonchev–Trinajstić information content (AvgIpc) is 2.75. The number of alkyl carbamates (subject to hydrolysis) is 1. The standard InChI is InChI=1S/C12H21NO3/c1-5-9-8-12(9,6-7-14)13-10(15)16-11(2,3)4/h7,9H,5-6,8H2,1-4H3,(H,13,15). The molecule has 4 nitrogen and oxygen atoms in total. The van der Waals surface area contributed by atoms with E-state index in [1.165, 1.54) is 0 Å². The fourth-order valence-corrected chi connectivity index (χ4v) is 2.03. The molecule has 2 unspecified atom stereocenters. The molecule has 0 saturated heterocycles. The van der Waals surface area contributed by atoms with E-state index in [0.29, 0.717) is 12.3 Å². The molecule has 0 aromatic carbocycles. The summed E-state index contributed by atoms with van der Waals surface area (Å²) in [7, 11) is 0. The number of carbonyl (C=O) groups excluding carboxylic acids is 2. The van der Waals surface area contributed by atoms with Gasteiger partial charge in [-0.25, -0.2) is 4.79 Å². The lowest BCUT2D eigenvalue weighted by atomic mass is 10.1. The zero-order chi connectivity index (χ0) is 12.4. The van der Waals surface area contributed by atoms with Crippen LogP contribution in [0.5, 0.6) is 0 Å². The minimum atomic E-state index is -0.497. The maximum atomic E-state index is 11.6. The highest BCUT2D eigenvalue weighted by Crippen LogP contribution is 2.47. The van der Waals surface area contributed by atoms with E-state index in [4.69, 9.17) is 4.74 Å². The third-order valence-electron chi connectivity index (χ3n) is 2.92. The van der Waals surface area contributed by atoms with E-state index in [1.54, 1.807) is 0 Å². The molecule has 1 rings (SSSR count). The number of aldehydes is 1. The van der Waals surface area contributed by atoms with Gasteiger partial charge in [-0.15, -0.1) is 0 Å². The molecule has 0 radical (unpaired) electrons. The third-order valence-corrected chi connectivity index (χ3v) is 2.92. The van der Waals surface area contributed by atoms with Gasteiger partial charge >= 0.3 is 6.09 Å². The van der Waals surface area contributed by atoms with Crippen molar-refractivity contribution in [2.75, 3.05) is 0 Å². The lowest BCUT2D eigenvalue weighted by molar-refractivity contribution is -0.108. The van der Waals surface area contributed by atoms with Crippen LogP contribution in [0.2, 0.25) is 0 Å². The van der Waals surface area contributed by atoms with Gasteiger partial charge in [0.05, 0.1) is 5.54 Å². The summed E-state index contributed by atoms with van der Waals surface area (Å²) in [6, 6.07) is 0. The van der Waals surface area contributed by atoms with Crippen molar-refractivity contribution in [3.63, 3.8) is 0 Å². The summed E-state index contributed by atoms with van der Waals surface area (Å²) in [4.78, 5) is 22.2. The van der Waals surface area contributed by atoms with Crippen LogP contribution in [0.3, 0.4) is 0 Å². The lowest BCUT2D eigenvalue weighted by Crippen LogP contribution is -2.42. The number of hydrogen-bond donors (Lipinski definition) is 1. The van der Waals surface area contributed by atoms with Crippen LogP contribution in [0.4, 0.5) is 4.79 Å². The van der Waals surface area contributed by atoms with Gasteiger partial charge in [0.1, 0.15) is 11.9 Å². The first-order valence-electron chi connectivity index (χ1n) is 5.78. The van der Waals surface area contributed by atoms with E-state index in [9.17, 15) is 9.59 Å². The van der Waals surface area contributed by atoms with Crippen LogP contribution >= 0.6 is 0 Å². The largest absolute Gasteiger partial charge is 0.444 e. The SMILES string of the molecule is CCC1CC1(CC=O)NC(=O)OC(C)(C)C. The van der Waals surface area contributed by atoms with Crippen LogP contribution < -0.4 is 5.32 Å². The second-order valence-corrected chi connectivity index (χ2v) is 5.46. The van der Waals surface area contributed by atoms with Crippen LogP contribution in [-0.4, -0.2) is 23.5 Å². The number of amides is 1. The zero-order valence-electron chi connectivity index (χ0n) is 10.5. The Hall–Kier alpha value is -1.06. The molecule has 0 bridgehead atoms. The molecule has 1 amide bonds. The fraction of sp³-hybridized carbons (Fsp3) is 0.833. The highest BCUT2D eigenvalue weighted by atomic mass is 16.6. The maximum absolute atomic E-state index is 11.6. The Bertz CT molecular complexity index is 282. The van der Waals surface area contributed by atoms with E-state index < -0.39 is 11.7 Å². The van der Waals surface area contributed by atoms with E-state index in [0.717, 1.165) is 19.1 Å². The summed E-state index contributed by atoms with van der Waals surface area (Å²) in [6.45, 7) is 7.53. The molecule has 16 heavy (non-hydrogen) atoms. The van der Waals surface area contributed by atoms with Gasteiger partial charge in [-0.3, -0.25) is 0 Å². The number of rotatable bonds is 4. The third kappa shape index (κ3) is 3.22. The molecular formula is C12H21NO3. The Labute approximate surface area is 96.7 Å². The molecule has 1 saturated carbocycles. The second kappa shape index (κ2) is 4.44. The number of nitrogens with one attached hydrogen (secondary N) is 1. The van der Waals surface area contributed by atoms with Gasteiger partial charge in [-0.2, -0.15) is 0 Å². The Morgan fingerprint density at radius 1 is 1.56 bits per heavy atom. The lowest BCUT2D eigenvalue weighted by Gasteiger charge is -2.23. The van der Waals surface area contributed by atoms with Crippen LogP contribution in [0, 0.1) is 5.92 Å². The quantitative estimate of drug-likeness (QED) is 0.749. The van der Waals surface area contributed by atoms with Crippen molar-refractivity contribution >= 4 is 12.4 Å². The molecular weight excluding hydrogens is 206 g/mol. The van der Waals surface area contributed by atoms with Crippen molar-refractivity contribution in [3.8, 4) is 0 Å². The minimum absolute atomic E-state index is 0.334. The fourth-order valence-electron chi connectivity index (χ4n) is 2.03. The predicted octanol–water partition coefficient (Wildman–Crippen LogP) is 2.27. The van der Waals surface area contributed by atoms with Gasteiger partial charge in [0, 0.05) is 6.42 Å². The van der Waals surface area contributed by atoms with E-state index >= 15 is 0 Å². The van der Waals surface area contributed by atoms with Crippen LogP contribution in [0.1, 0.15) is 47.0 Å². The minimum Gasteiger partial charge on any atom is -0.444 e. The summed E-state index contributed by atoms with van der Waals surface area (Å²) in [5.41, 5.74) is -0.831. The summed E-state index contributed by atoms with van der Waals surface area (Å²) in [5.74, 6) is 0.408. The van der Waals surface area contributed by atoms with Gasteiger partial charge in [-0.1, -0.05) is 13.3 Å². The molecule has 1 N–H and O–H groups in total. The normalized spacial score (nSPS) is 28.4. The molecule has 1 aliphatic carbocycles. The second-order valence-electron chi connectivity index (χ2n) is 5.46. The first kappa shape index (κ1) is 13.0. The van der Waals surface area contributed by atoms with Crippen molar-refractivity contribution in [1.29, 1.82) is 0 Å². The van der Waals surface area contributed by atoms with Gasteiger partial charge in [0.15, 0.2) is 0 Å². The molecule has 92 valence electrons. The van der Waals surface area contributed by atoms with Gasteiger partial charge < -0.3 is 14.8 Å². The van der Waals surface area contributed by atoms with E-state index in [2.05, 4.69) is 12.2 Å². The monoisotopic (exact) mass is 227 g/mol. The van der Waals surface area contributed by atoms with Crippen molar-refractivity contribution in [2.45, 2.75) is 58.1 Å². The van der Waals surface area contributed by atoms with E-state index in [-0.39, 0.29) is 5.54 Å². The van der Waals surface area contributed by atoms with Crippen LogP contribution in [0.25, 0.3) is 0 Å². The van der Waals surface area contributed by atoms with Crippen molar-refractivity contribution in [2.24, 2.45) is 5.92 Å². The Balaban J connectivity index is 2.51. The van der Waals surface area contributed by atoms with Gasteiger partial charge in [-0.05, 0) is 33.1 Å². The average molecular weight is 227 g/mol. The van der Waals surface area contributed by atoms with Crippen LogP contribution in [-0.2, 0) is 9.53 Å². The molecule has 0 spiro atoms. The van der Waals surface area contributed by atoms with Crippen molar-refractivity contribution in [1.82, 2.24) is 5.32 Å². The summed E-state index contributed by atoms with van der Waals surface area (Å²) >= 11 is 0.